The van der Waals surface area contributed by atoms with Crippen molar-refractivity contribution in [3.8, 4) is 5.75 Å². The van der Waals surface area contributed by atoms with Gasteiger partial charge in [0.15, 0.2) is 0 Å². The average Bonchev–Trinajstić information content (AvgIpc) is 3.26. The number of methoxy groups -OCH3 is 1. The molecule has 0 saturated carbocycles. The molecular formula is C32H51N3O3. The highest BCUT2D eigenvalue weighted by Gasteiger charge is 2.27. The van der Waals surface area contributed by atoms with E-state index in [-0.39, 0.29) is 35.7 Å². The largest absolute Gasteiger partial charge is 0.497 e. The van der Waals surface area contributed by atoms with Gasteiger partial charge in [0.05, 0.1) is 20.2 Å². The van der Waals surface area contributed by atoms with Gasteiger partial charge in [-0.2, -0.15) is 0 Å². The van der Waals surface area contributed by atoms with Gasteiger partial charge in [-0.05, 0) is 66.8 Å². The lowest BCUT2D eigenvalue weighted by atomic mass is 9.84. The number of carbonyl (C=O) groups is 2. The number of amides is 2. The highest BCUT2D eigenvalue weighted by molar-refractivity contribution is 5.85. The molecule has 2 amide bonds. The minimum absolute atomic E-state index is 0.00551. The third kappa shape index (κ3) is 10.2. The quantitative estimate of drug-likeness (QED) is 0.279. The second-order valence-electron chi connectivity index (χ2n) is 12.5. The number of hydrogen-bond acceptors (Lipinski definition) is 3. The van der Waals surface area contributed by atoms with Gasteiger partial charge in [0, 0.05) is 37.4 Å². The molecule has 0 spiro atoms. The number of hydrogen-bond donors (Lipinski definition) is 0. The predicted octanol–water partition coefficient (Wildman–Crippen LogP) is 6.62. The molecule has 0 radical (unpaired) electrons. The number of carbonyl (C=O) groups excluding carboxylic acids is 2. The van der Waals surface area contributed by atoms with Crippen LogP contribution in [0.5, 0.6) is 5.75 Å². The van der Waals surface area contributed by atoms with E-state index in [2.05, 4.69) is 78.3 Å². The van der Waals surface area contributed by atoms with Crippen molar-refractivity contribution in [2.24, 2.45) is 17.3 Å². The van der Waals surface area contributed by atoms with Gasteiger partial charge in [-0.15, -0.1) is 0 Å². The van der Waals surface area contributed by atoms with Crippen LogP contribution in [0.3, 0.4) is 0 Å². The van der Waals surface area contributed by atoms with E-state index in [1.54, 1.807) is 12.0 Å². The van der Waals surface area contributed by atoms with E-state index >= 15 is 0 Å². The highest BCUT2D eigenvalue weighted by atomic mass is 16.5. The molecule has 0 aliphatic rings. The van der Waals surface area contributed by atoms with Crippen molar-refractivity contribution in [1.29, 1.82) is 0 Å². The van der Waals surface area contributed by atoms with Crippen molar-refractivity contribution < 1.29 is 14.3 Å². The molecule has 0 aliphatic carbocycles. The Balaban J connectivity index is 2.19. The second kappa shape index (κ2) is 14.4. The molecule has 38 heavy (non-hydrogen) atoms. The minimum Gasteiger partial charge on any atom is -0.497 e. The van der Waals surface area contributed by atoms with Crippen molar-refractivity contribution in [3.63, 3.8) is 0 Å². The summed E-state index contributed by atoms with van der Waals surface area (Å²) in [7, 11) is 1.67. The fraction of sp³-hybridized carbons (Fsp3) is 0.625. The third-order valence-electron chi connectivity index (χ3n) is 6.93. The van der Waals surface area contributed by atoms with Crippen LogP contribution >= 0.6 is 0 Å². The van der Waals surface area contributed by atoms with Gasteiger partial charge in [0.2, 0.25) is 11.8 Å². The molecule has 2 unspecified atom stereocenters. The Bertz CT molecular complexity index is 1020. The molecule has 1 aromatic carbocycles. The zero-order valence-corrected chi connectivity index (χ0v) is 25.3. The number of nitrogens with zero attached hydrogens (tertiary/aromatic N) is 3. The highest BCUT2D eigenvalue weighted by Crippen LogP contribution is 2.26. The van der Waals surface area contributed by atoms with Crippen molar-refractivity contribution in [2.45, 2.75) is 93.8 Å². The Morgan fingerprint density at radius 2 is 1.74 bits per heavy atom. The number of rotatable bonds is 14. The van der Waals surface area contributed by atoms with Gasteiger partial charge in [-0.1, -0.05) is 60.6 Å². The lowest BCUT2D eigenvalue weighted by molar-refractivity contribution is -0.143. The van der Waals surface area contributed by atoms with E-state index in [1.807, 2.05) is 29.2 Å². The molecule has 0 bridgehead atoms. The Morgan fingerprint density at radius 3 is 2.34 bits per heavy atom. The summed E-state index contributed by atoms with van der Waals surface area (Å²) in [5.74, 6) is 1.49. The summed E-state index contributed by atoms with van der Waals surface area (Å²) < 4.78 is 7.57. The van der Waals surface area contributed by atoms with E-state index in [4.69, 9.17) is 4.74 Å². The SMILES string of the molecule is CCC(C)N(Cc1cccn1Cc1cccc(OC)c1)C(=O)CN(CC(C)C)C(=O)CC(C)CC(C)(C)C. The average molecular weight is 526 g/mol. The molecule has 0 N–H and O–H groups in total. The van der Waals surface area contributed by atoms with E-state index in [9.17, 15) is 9.59 Å². The summed E-state index contributed by atoms with van der Waals surface area (Å²) in [6, 6.07) is 12.2. The Hall–Kier alpha value is -2.76. The first-order valence-electron chi connectivity index (χ1n) is 14.2. The lowest BCUT2D eigenvalue weighted by Gasteiger charge is -2.33. The smallest absolute Gasteiger partial charge is 0.242 e. The van der Waals surface area contributed by atoms with Crippen LogP contribution in [0, 0.1) is 17.3 Å². The maximum Gasteiger partial charge on any atom is 0.242 e. The normalized spacial score (nSPS) is 13.3. The maximum absolute atomic E-state index is 13.7. The Morgan fingerprint density at radius 1 is 1.03 bits per heavy atom. The molecule has 212 valence electrons. The minimum atomic E-state index is 0.00551. The van der Waals surface area contributed by atoms with Crippen LogP contribution in [-0.4, -0.2) is 52.4 Å². The first kappa shape index (κ1) is 31.5. The molecule has 0 fully saturated rings. The zero-order chi connectivity index (χ0) is 28.5. The van der Waals surface area contributed by atoms with E-state index in [0.29, 0.717) is 32.0 Å². The third-order valence-corrected chi connectivity index (χ3v) is 6.93. The van der Waals surface area contributed by atoms with Crippen molar-refractivity contribution in [3.05, 3.63) is 53.9 Å². The number of aromatic nitrogens is 1. The number of benzene rings is 1. The van der Waals surface area contributed by atoms with Crippen LogP contribution in [-0.2, 0) is 22.7 Å². The topological polar surface area (TPSA) is 54.8 Å². The molecule has 2 aromatic rings. The summed E-state index contributed by atoms with van der Waals surface area (Å²) in [4.78, 5) is 30.8. The summed E-state index contributed by atoms with van der Waals surface area (Å²) in [5, 5.41) is 0. The molecule has 1 aromatic heterocycles. The van der Waals surface area contributed by atoms with E-state index < -0.39 is 0 Å². The lowest BCUT2D eigenvalue weighted by Crippen LogP contribution is -2.47. The molecule has 2 atom stereocenters. The van der Waals surface area contributed by atoms with E-state index in [1.165, 1.54) is 0 Å². The molecule has 0 aliphatic heterocycles. The summed E-state index contributed by atoms with van der Waals surface area (Å²) in [6.45, 7) is 19.1. The van der Waals surface area contributed by atoms with Crippen LogP contribution < -0.4 is 4.74 Å². The molecule has 2 rings (SSSR count). The zero-order valence-electron chi connectivity index (χ0n) is 25.3. The van der Waals surface area contributed by atoms with Gasteiger partial charge in [0.1, 0.15) is 5.75 Å². The molecule has 0 saturated heterocycles. The van der Waals surface area contributed by atoms with Gasteiger partial charge in [-0.3, -0.25) is 9.59 Å². The van der Waals surface area contributed by atoms with Crippen LogP contribution in [0.15, 0.2) is 42.6 Å². The van der Waals surface area contributed by atoms with Crippen molar-refractivity contribution >= 4 is 11.8 Å². The van der Waals surface area contributed by atoms with Crippen LogP contribution in [0.2, 0.25) is 0 Å². The molecular weight excluding hydrogens is 474 g/mol. The van der Waals surface area contributed by atoms with Crippen LogP contribution in [0.25, 0.3) is 0 Å². The first-order chi connectivity index (χ1) is 17.8. The van der Waals surface area contributed by atoms with Gasteiger partial charge < -0.3 is 19.1 Å². The maximum atomic E-state index is 13.7. The fourth-order valence-electron chi connectivity index (χ4n) is 5.09. The summed E-state index contributed by atoms with van der Waals surface area (Å²) in [5.41, 5.74) is 2.38. The van der Waals surface area contributed by atoms with Crippen molar-refractivity contribution in [2.75, 3.05) is 20.2 Å². The van der Waals surface area contributed by atoms with Gasteiger partial charge in [-0.25, -0.2) is 0 Å². The van der Waals surface area contributed by atoms with E-state index in [0.717, 1.165) is 29.8 Å². The second-order valence-corrected chi connectivity index (χ2v) is 12.5. The Kier molecular flexibility index (Phi) is 11.9. The van der Waals surface area contributed by atoms with Gasteiger partial charge >= 0.3 is 0 Å². The van der Waals surface area contributed by atoms with Gasteiger partial charge in [0.25, 0.3) is 0 Å². The Labute approximate surface area is 231 Å². The number of ether oxygens (including phenoxy) is 1. The first-order valence-corrected chi connectivity index (χ1v) is 14.2. The summed E-state index contributed by atoms with van der Waals surface area (Å²) in [6.07, 6.45) is 4.36. The molecule has 6 heteroatoms. The van der Waals surface area contributed by atoms with Crippen molar-refractivity contribution in [1.82, 2.24) is 14.4 Å². The predicted molar refractivity (Wildman–Crippen MR) is 156 cm³/mol. The van der Waals surface area contributed by atoms with Crippen LogP contribution in [0.4, 0.5) is 0 Å². The molecule has 6 nitrogen and oxygen atoms in total. The fourth-order valence-corrected chi connectivity index (χ4v) is 5.09. The molecule has 1 heterocycles. The summed E-state index contributed by atoms with van der Waals surface area (Å²) >= 11 is 0. The standard InChI is InChI=1S/C32H51N3O3/c1-10-26(5)35(22-28-14-12-16-33(28)21-27-13-11-15-29(18-27)38-9)31(37)23-34(20-24(2)3)30(36)17-25(4)19-32(6,7)8/h11-16,18,24-26H,10,17,19-23H2,1-9H3. The monoisotopic (exact) mass is 525 g/mol. The van der Waals surface area contributed by atoms with Crippen LogP contribution in [0.1, 0.15) is 85.9 Å².